The maximum Gasteiger partial charge on any atom is 0.425 e. The summed E-state index contributed by atoms with van der Waals surface area (Å²) in [5, 5.41) is 3.51. The van der Waals surface area contributed by atoms with E-state index in [2.05, 4.69) is 34.0 Å². The number of aryl methyl sites for hydroxylation is 2. The van der Waals surface area contributed by atoms with Crippen LogP contribution in [0.1, 0.15) is 35.3 Å². The molecule has 0 saturated carbocycles. The number of aromatic nitrogens is 2. The van der Waals surface area contributed by atoms with Crippen molar-refractivity contribution in [3.8, 4) is 5.75 Å². The summed E-state index contributed by atoms with van der Waals surface area (Å²) in [6, 6.07) is 21.4. The number of nitrogens with zero attached hydrogens (tertiary/aromatic N) is 5. The van der Waals surface area contributed by atoms with Crippen molar-refractivity contribution >= 4 is 46.7 Å². The summed E-state index contributed by atoms with van der Waals surface area (Å²) in [5.74, 6) is 0.952. The molecule has 43 heavy (non-hydrogen) atoms. The third-order valence-electron chi connectivity index (χ3n) is 7.12. The van der Waals surface area contributed by atoms with Crippen LogP contribution in [0.25, 0.3) is 0 Å². The van der Waals surface area contributed by atoms with Crippen LogP contribution in [0.4, 0.5) is 27.9 Å². The number of hydrogen-bond donors (Lipinski definition) is 1. The van der Waals surface area contributed by atoms with Crippen molar-refractivity contribution in [1.82, 2.24) is 19.8 Å². The third-order valence-corrected chi connectivity index (χ3v) is 7.44. The van der Waals surface area contributed by atoms with E-state index in [1.54, 1.807) is 65.7 Å². The van der Waals surface area contributed by atoms with Gasteiger partial charge in [-0.05, 0) is 74.5 Å². The second-order valence-corrected chi connectivity index (χ2v) is 10.5. The monoisotopic (exact) mass is 600 g/mol. The number of benzene rings is 3. The summed E-state index contributed by atoms with van der Waals surface area (Å²) in [6.45, 7) is 11.4. The lowest BCUT2D eigenvalue weighted by molar-refractivity contribution is 0.0779. The normalized spacial score (nSPS) is 10.9. The van der Waals surface area contributed by atoms with Gasteiger partial charge in [-0.3, -0.25) is 4.79 Å². The molecule has 0 spiro atoms. The Balaban J connectivity index is 1.54. The molecule has 1 N–H and O–H groups in total. The first-order valence-corrected chi connectivity index (χ1v) is 14.6. The van der Waals surface area contributed by atoms with Crippen LogP contribution >= 0.6 is 11.6 Å². The molecule has 0 aliphatic carbocycles. The minimum atomic E-state index is -0.664. The van der Waals surface area contributed by atoms with E-state index in [0.717, 1.165) is 30.8 Å². The standard InChI is InChI=1S/C33H37ClN6O3/c1-6-39(7-2)22-21-38(5)31(41)25-15-17-26(18-16-25)36-32-35-20-19-29(37-32)40(28-14-9-8-13-27(28)34)33(42)43-30-23(3)11-10-12-24(30)4/h8-20H,6-7,21-22H2,1-5H3,(H,35,36,37). The van der Waals surface area contributed by atoms with Crippen molar-refractivity contribution in [2.45, 2.75) is 27.7 Å². The number of nitrogens with one attached hydrogen (secondary N) is 1. The molecule has 9 nitrogen and oxygen atoms in total. The molecule has 0 radical (unpaired) electrons. The van der Waals surface area contributed by atoms with Gasteiger partial charge in [0.1, 0.15) is 11.6 Å². The summed E-state index contributed by atoms with van der Waals surface area (Å²) in [7, 11) is 1.81. The quantitative estimate of drug-likeness (QED) is 0.194. The van der Waals surface area contributed by atoms with Gasteiger partial charge >= 0.3 is 6.09 Å². The van der Waals surface area contributed by atoms with Crippen molar-refractivity contribution in [3.05, 3.63) is 101 Å². The molecule has 4 aromatic rings. The number of carbonyl (C=O) groups excluding carboxylic acids is 2. The van der Waals surface area contributed by atoms with E-state index in [9.17, 15) is 9.59 Å². The molecule has 0 atom stereocenters. The Morgan fingerprint density at radius 2 is 1.56 bits per heavy atom. The van der Waals surface area contributed by atoms with Gasteiger partial charge in [-0.15, -0.1) is 0 Å². The summed E-state index contributed by atoms with van der Waals surface area (Å²) >= 11 is 6.52. The van der Waals surface area contributed by atoms with E-state index in [1.807, 2.05) is 39.1 Å². The Morgan fingerprint density at radius 3 is 2.21 bits per heavy atom. The fourth-order valence-corrected chi connectivity index (χ4v) is 4.77. The highest BCUT2D eigenvalue weighted by Crippen LogP contribution is 2.33. The summed E-state index contributed by atoms with van der Waals surface area (Å²) in [4.78, 5) is 40.8. The molecule has 0 saturated heterocycles. The van der Waals surface area contributed by atoms with Crippen molar-refractivity contribution < 1.29 is 14.3 Å². The second kappa shape index (κ2) is 14.6. The van der Waals surface area contributed by atoms with Crippen molar-refractivity contribution in [2.75, 3.05) is 43.4 Å². The van der Waals surface area contributed by atoms with Crippen LogP contribution in [0, 0.1) is 13.8 Å². The highest BCUT2D eigenvalue weighted by molar-refractivity contribution is 6.34. The van der Waals surface area contributed by atoms with E-state index in [4.69, 9.17) is 16.3 Å². The van der Waals surface area contributed by atoms with E-state index < -0.39 is 6.09 Å². The highest BCUT2D eigenvalue weighted by Gasteiger charge is 2.25. The number of halogens is 1. The SMILES string of the molecule is CCN(CC)CCN(C)C(=O)c1ccc(Nc2nccc(N(C(=O)Oc3c(C)cccc3C)c3ccccc3Cl)n2)cc1. The molecule has 0 aliphatic rings. The minimum Gasteiger partial charge on any atom is -0.409 e. The molecule has 0 unspecified atom stereocenters. The van der Waals surface area contributed by atoms with E-state index in [1.165, 1.54) is 4.90 Å². The predicted molar refractivity (Wildman–Crippen MR) is 172 cm³/mol. The summed E-state index contributed by atoms with van der Waals surface area (Å²) in [5.41, 5.74) is 3.34. The Morgan fingerprint density at radius 1 is 0.884 bits per heavy atom. The Kier molecular flexibility index (Phi) is 10.7. The fraction of sp³-hybridized carbons (Fsp3) is 0.273. The Bertz CT molecular complexity index is 1540. The zero-order chi connectivity index (χ0) is 30.9. The predicted octanol–water partition coefficient (Wildman–Crippen LogP) is 7.24. The lowest BCUT2D eigenvalue weighted by Crippen LogP contribution is -2.36. The lowest BCUT2D eigenvalue weighted by Gasteiger charge is -2.23. The number of anilines is 4. The number of carbonyl (C=O) groups is 2. The lowest BCUT2D eigenvalue weighted by atomic mass is 10.1. The molecule has 2 amide bonds. The fourth-order valence-electron chi connectivity index (χ4n) is 4.55. The van der Waals surface area contributed by atoms with E-state index in [0.29, 0.717) is 34.3 Å². The largest absolute Gasteiger partial charge is 0.425 e. The first-order valence-electron chi connectivity index (χ1n) is 14.2. The molecule has 0 aliphatic heterocycles. The maximum atomic E-state index is 13.6. The van der Waals surface area contributed by atoms with Crippen LogP contribution < -0.4 is 15.0 Å². The van der Waals surface area contributed by atoms with Crippen LogP contribution in [-0.4, -0.2) is 65.0 Å². The zero-order valence-electron chi connectivity index (χ0n) is 25.2. The average molecular weight is 601 g/mol. The van der Waals surface area contributed by atoms with Gasteiger partial charge in [0, 0.05) is 43.7 Å². The van der Waals surface area contributed by atoms with Crippen molar-refractivity contribution in [2.24, 2.45) is 0 Å². The first kappa shape index (κ1) is 31.5. The smallest absolute Gasteiger partial charge is 0.409 e. The maximum absolute atomic E-state index is 13.6. The molecule has 224 valence electrons. The molecule has 0 bridgehead atoms. The van der Waals surface area contributed by atoms with E-state index >= 15 is 0 Å². The van der Waals surface area contributed by atoms with E-state index in [-0.39, 0.29) is 17.7 Å². The number of ether oxygens (including phenoxy) is 1. The third kappa shape index (κ3) is 7.88. The number of rotatable bonds is 11. The number of amides is 2. The van der Waals surface area contributed by atoms with Gasteiger partial charge in [0.25, 0.3) is 5.91 Å². The molecular weight excluding hydrogens is 564 g/mol. The second-order valence-electron chi connectivity index (χ2n) is 10.1. The van der Waals surface area contributed by atoms with Gasteiger partial charge < -0.3 is 19.9 Å². The van der Waals surface area contributed by atoms with Crippen molar-refractivity contribution in [1.29, 1.82) is 0 Å². The Labute approximate surface area is 258 Å². The molecule has 3 aromatic carbocycles. The summed E-state index contributed by atoms with van der Waals surface area (Å²) in [6.07, 6.45) is 0.881. The van der Waals surface area contributed by atoms with Crippen LogP contribution in [-0.2, 0) is 0 Å². The molecule has 0 fully saturated rings. The van der Waals surface area contributed by atoms with Crippen LogP contribution in [0.5, 0.6) is 5.75 Å². The molecule has 10 heteroatoms. The van der Waals surface area contributed by atoms with Crippen LogP contribution in [0.3, 0.4) is 0 Å². The Hall–Kier alpha value is -4.47. The minimum absolute atomic E-state index is 0.0465. The van der Waals surface area contributed by atoms with Gasteiger partial charge in [-0.2, -0.15) is 4.98 Å². The van der Waals surface area contributed by atoms with Gasteiger partial charge in [0.05, 0.1) is 10.7 Å². The van der Waals surface area contributed by atoms with Crippen molar-refractivity contribution in [3.63, 3.8) is 0 Å². The number of para-hydroxylation sites is 2. The molecule has 4 rings (SSSR count). The van der Waals surface area contributed by atoms with Gasteiger partial charge in [-0.1, -0.05) is 55.8 Å². The van der Waals surface area contributed by atoms with Crippen LogP contribution in [0.2, 0.25) is 5.02 Å². The van der Waals surface area contributed by atoms with Gasteiger partial charge in [0.15, 0.2) is 0 Å². The average Bonchev–Trinajstić information content (AvgIpc) is 3.01. The van der Waals surface area contributed by atoms with Gasteiger partial charge in [-0.25, -0.2) is 14.7 Å². The topological polar surface area (TPSA) is 90.9 Å². The van der Waals surface area contributed by atoms with Crippen LogP contribution in [0.15, 0.2) is 79.0 Å². The molecule has 1 aromatic heterocycles. The number of likely N-dealkylation sites (N-methyl/N-ethyl adjacent to an activating group) is 2. The zero-order valence-corrected chi connectivity index (χ0v) is 25.9. The van der Waals surface area contributed by atoms with Gasteiger partial charge in [0.2, 0.25) is 5.95 Å². The first-order chi connectivity index (χ1) is 20.7. The number of hydrogen-bond acceptors (Lipinski definition) is 7. The summed E-state index contributed by atoms with van der Waals surface area (Å²) < 4.78 is 5.87. The molecule has 1 heterocycles. The molecular formula is C33H37ClN6O3. The highest BCUT2D eigenvalue weighted by atomic mass is 35.5.